The number of hydrogen-bond acceptors (Lipinski definition) is 5. The van der Waals surface area contributed by atoms with Gasteiger partial charge in [-0.1, -0.05) is 0 Å². The lowest BCUT2D eigenvalue weighted by Crippen LogP contribution is -2.40. The van der Waals surface area contributed by atoms with Crippen LogP contribution in [0.15, 0.2) is 23.1 Å². The molecule has 21 heavy (non-hydrogen) atoms. The Labute approximate surface area is 124 Å². The van der Waals surface area contributed by atoms with E-state index < -0.39 is 10.0 Å². The zero-order chi connectivity index (χ0) is 15.5. The number of hydrogen-bond donors (Lipinski definition) is 2. The molecule has 0 spiro atoms. The number of sulfonamides is 1. The van der Waals surface area contributed by atoms with E-state index in [1.54, 1.807) is 0 Å². The Bertz CT molecular complexity index is 650. The fourth-order valence-corrected chi connectivity index (χ4v) is 4.34. The molecule has 1 aromatic rings. The molecule has 7 heteroatoms. The van der Waals surface area contributed by atoms with E-state index in [2.05, 4.69) is 0 Å². The van der Waals surface area contributed by atoms with Crippen LogP contribution in [0.2, 0.25) is 0 Å². The van der Waals surface area contributed by atoms with Gasteiger partial charge in [-0.25, -0.2) is 8.42 Å². The van der Waals surface area contributed by atoms with E-state index in [0.717, 1.165) is 12.8 Å². The minimum atomic E-state index is -3.70. The SMILES string of the molecule is N#Cc1cc(N)ccc1S(=O)(=O)N1CCCC(CCO)C1. The Hall–Kier alpha value is -1.62. The summed E-state index contributed by atoms with van der Waals surface area (Å²) in [5.74, 6) is 0.165. The van der Waals surface area contributed by atoms with Crippen molar-refractivity contribution in [1.29, 1.82) is 5.26 Å². The number of rotatable bonds is 4. The summed E-state index contributed by atoms with van der Waals surface area (Å²) in [6.07, 6.45) is 2.28. The van der Waals surface area contributed by atoms with Gasteiger partial charge in [-0.2, -0.15) is 9.57 Å². The summed E-state index contributed by atoms with van der Waals surface area (Å²) in [6.45, 7) is 0.890. The molecule has 0 bridgehead atoms. The van der Waals surface area contributed by atoms with Crippen LogP contribution in [0.25, 0.3) is 0 Å². The summed E-state index contributed by atoms with van der Waals surface area (Å²) in [7, 11) is -3.70. The Morgan fingerprint density at radius 2 is 2.24 bits per heavy atom. The first kappa shape index (κ1) is 15.8. The van der Waals surface area contributed by atoms with Gasteiger partial charge in [0.05, 0.1) is 5.56 Å². The average Bonchev–Trinajstić information content (AvgIpc) is 2.47. The first-order chi connectivity index (χ1) is 9.98. The standard InChI is InChI=1S/C14H19N3O3S/c15-9-12-8-13(16)3-4-14(12)21(19,20)17-6-1-2-11(10-17)5-7-18/h3-4,8,11,18H,1-2,5-7,10,16H2. The van der Waals surface area contributed by atoms with Crippen molar-refractivity contribution < 1.29 is 13.5 Å². The molecule has 0 radical (unpaired) electrons. The first-order valence-corrected chi connectivity index (χ1v) is 8.33. The van der Waals surface area contributed by atoms with Crippen molar-refractivity contribution in [2.45, 2.75) is 24.2 Å². The van der Waals surface area contributed by atoms with Gasteiger partial charge in [0.1, 0.15) is 11.0 Å². The van der Waals surface area contributed by atoms with Crippen LogP contribution in [0.1, 0.15) is 24.8 Å². The predicted octanol–water partition coefficient (Wildman–Crippen LogP) is 0.924. The van der Waals surface area contributed by atoms with E-state index in [4.69, 9.17) is 16.1 Å². The molecule has 1 aliphatic rings. The predicted molar refractivity (Wildman–Crippen MR) is 78.8 cm³/mol. The van der Waals surface area contributed by atoms with Crippen LogP contribution >= 0.6 is 0 Å². The van der Waals surface area contributed by atoms with Crippen LogP contribution in [0.4, 0.5) is 5.69 Å². The quantitative estimate of drug-likeness (QED) is 0.804. The number of benzene rings is 1. The molecule has 2 rings (SSSR count). The fourth-order valence-electron chi connectivity index (χ4n) is 2.66. The highest BCUT2D eigenvalue weighted by molar-refractivity contribution is 7.89. The Morgan fingerprint density at radius 1 is 1.48 bits per heavy atom. The molecule has 0 saturated carbocycles. The maximum Gasteiger partial charge on any atom is 0.244 e. The van der Waals surface area contributed by atoms with Gasteiger partial charge in [0.2, 0.25) is 10.0 Å². The first-order valence-electron chi connectivity index (χ1n) is 6.89. The van der Waals surface area contributed by atoms with Gasteiger partial charge in [0.15, 0.2) is 0 Å². The maximum atomic E-state index is 12.7. The highest BCUT2D eigenvalue weighted by atomic mass is 32.2. The van der Waals surface area contributed by atoms with Crippen LogP contribution in [-0.4, -0.2) is 37.5 Å². The summed E-state index contributed by atoms with van der Waals surface area (Å²) >= 11 is 0. The lowest BCUT2D eigenvalue weighted by molar-refractivity contribution is 0.203. The van der Waals surface area contributed by atoms with Crippen molar-refractivity contribution in [3.8, 4) is 6.07 Å². The van der Waals surface area contributed by atoms with E-state index in [1.807, 2.05) is 6.07 Å². The van der Waals surface area contributed by atoms with Gasteiger partial charge in [-0.3, -0.25) is 0 Å². The van der Waals surface area contributed by atoms with Gasteiger partial charge < -0.3 is 10.8 Å². The van der Waals surface area contributed by atoms with Crippen LogP contribution in [0.3, 0.4) is 0 Å². The number of anilines is 1. The molecule has 1 saturated heterocycles. The number of piperidine rings is 1. The number of nitrogens with two attached hydrogens (primary N) is 1. The molecule has 1 aromatic carbocycles. The second kappa shape index (κ2) is 6.43. The zero-order valence-electron chi connectivity index (χ0n) is 11.7. The normalized spacial score (nSPS) is 20.1. The van der Waals surface area contributed by atoms with E-state index in [-0.39, 0.29) is 23.0 Å². The highest BCUT2D eigenvalue weighted by Crippen LogP contribution is 2.27. The molecule has 6 nitrogen and oxygen atoms in total. The highest BCUT2D eigenvalue weighted by Gasteiger charge is 2.31. The van der Waals surface area contributed by atoms with Crippen molar-refractivity contribution in [1.82, 2.24) is 4.31 Å². The van der Waals surface area contributed by atoms with Gasteiger partial charge >= 0.3 is 0 Å². The third kappa shape index (κ3) is 3.35. The molecular weight excluding hydrogens is 290 g/mol. The average molecular weight is 309 g/mol. The van der Waals surface area contributed by atoms with E-state index in [1.165, 1.54) is 22.5 Å². The van der Waals surface area contributed by atoms with Crippen LogP contribution in [0.5, 0.6) is 0 Å². The molecule has 1 heterocycles. The van der Waals surface area contributed by atoms with Crippen molar-refractivity contribution in [3.05, 3.63) is 23.8 Å². The summed E-state index contributed by atoms with van der Waals surface area (Å²) in [4.78, 5) is 0.00356. The molecule has 0 amide bonds. The molecular formula is C14H19N3O3S. The zero-order valence-corrected chi connectivity index (χ0v) is 12.5. The smallest absolute Gasteiger partial charge is 0.244 e. The van der Waals surface area contributed by atoms with E-state index in [0.29, 0.717) is 25.2 Å². The molecule has 3 N–H and O–H groups in total. The lowest BCUT2D eigenvalue weighted by atomic mass is 9.97. The van der Waals surface area contributed by atoms with Crippen LogP contribution in [0, 0.1) is 17.2 Å². The summed E-state index contributed by atoms with van der Waals surface area (Å²) in [5, 5.41) is 18.1. The van der Waals surface area contributed by atoms with Crippen molar-refractivity contribution in [3.63, 3.8) is 0 Å². The van der Waals surface area contributed by atoms with Crippen molar-refractivity contribution in [2.75, 3.05) is 25.4 Å². The second-order valence-electron chi connectivity index (χ2n) is 5.25. The van der Waals surface area contributed by atoms with Crippen LogP contribution in [-0.2, 0) is 10.0 Å². The molecule has 0 aromatic heterocycles. The molecule has 1 aliphatic heterocycles. The number of aliphatic hydroxyl groups excluding tert-OH is 1. The van der Waals surface area contributed by atoms with E-state index >= 15 is 0 Å². The number of nitrogen functional groups attached to an aromatic ring is 1. The second-order valence-corrected chi connectivity index (χ2v) is 7.16. The topological polar surface area (TPSA) is 107 Å². The molecule has 1 unspecified atom stereocenters. The summed E-state index contributed by atoms with van der Waals surface area (Å²) < 4.78 is 26.8. The van der Waals surface area contributed by atoms with Gasteiger partial charge in [-0.05, 0) is 43.4 Å². The maximum absolute atomic E-state index is 12.7. The number of nitriles is 1. The third-order valence-electron chi connectivity index (χ3n) is 3.76. The minimum Gasteiger partial charge on any atom is -0.399 e. The molecule has 1 atom stereocenters. The lowest BCUT2D eigenvalue weighted by Gasteiger charge is -2.31. The Balaban J connectivity index is 2.32. The molecule has 1 fully saturated rings. The third-order valence-corrected chi connectivity index (χ3v) is 5.68. The number of aliphatic hydroxyl groups is 1. The van der Waals surface area contributed by atoms with Gasteiger partial charge in [0, 0.05) is 25.4 Å². The Morgan fingerprint density at radius 3 is 2.90 bits per heavy atom. The largest absolute Gasteiger partial charge is 0.399 e. The van der Waals surface area contributed by atoms with E-state index in [9.17, 15) is 8.42 Å². The number of nitrogens with zero attached hydrogens (tertiary/aromatic N) is 2. The minimum absolute atomic E-state index is 0.00356. The van der Waals surface area contributed by atoms with Crippen molar-refractivity contribution in [2.24, 2.45) is 5.92 Å². The Kier molecular flexibility index (Phi) is 4.83. The molecule has 114 valence electrons. The van der Waals surface area contributed by atoms with Crippen molar-refractivity contribution >= 4 is 15.7 Å². The fraction of sp³-hybridized carbons (Fsp3) is 0.500. The van der Waals surface area contributed by atoms with Gasteiger partial charge in [0.25, 0.3) is 0 Å². The van der Waals surface area contributed by atoms with Crippen LogP contribution < -0.4 is 5.73 Å². The van der Waals surface area contributed by atoms with Gasteiger partial charge in [-0.15, -0.1) is 0 Å². The summed E-state index contributed by atoms with van der Waals surface area (Å²) in [6, 6.07) is 6.15. The molecule has 0 aliphatic carbocycles. The summed E-state index contributed by atoms with van der Waals surface area (Å²) in [5.41, 5.74) is 6.03. The monoisotopic (exact) mass is 309 g/mol.